The van der Waals surface area contributed by atoms with Crippen LogP contribution in [0.1, 0.15) is 39.5 Å². The number of piperazine rings is 1. The Labute approximate surface area is 172 Å². The summed E-state index contributed by atoms with van der Waals surface area (Å²) in [5.74, 6) is 2.82. The number of halogens is 1. The molecule has 6 heteroatoms. The second-order valence-corrected chi connectivity index (χ2v) is 7.76. The van der Waals surface area contributed by atoms with Crippen LogP contribution in [-0.4, -0.2) is 87.1 Å². The van der Waals surface area contributed by atoms with Gasteiger partial charge in [-0.15, -0.1) is 24.0 Å². The van der Waals surface area contributed by atoms with E-state index in [0.29, 0.717) is 0 Å². The van der Waals surface area contributed by atoms with Gasteiger partial charge in [-0.05, 0) is 31.2 Å². The number of likely N-dealkylation sites (N-methyl/N-ethyl adjacent to an activating group) is 1. The minimum atomic E-state index is 0. The average Bonchev–Trinajstić information content (AvgIpc) is 2.61. The van der Waals surface area contributed by atoms with Gasteiger partial charge in [0, 0.05) is 59.9 Å². The van der Waals surface area contributed by atoms with E-state index in [1.807, 2.05) is 7.05 Å². The second-order valence-electron chi connectivity index (χ2n) is 7.76. The van der Waals surface area contributed by atoms with Crippen LogP contribution in [0.2, 0.25) is 0 Å². The maximum absolute atomic E-state index is 4.48. The maximum Gasteiger partial charge on any atom is 0.193 e. The lowest BCUT2D eigenvalue weighted by atomic mass is 9.83. The first kappa shape index (κ1) is 23.0. The van der Waals surface area contributed by atoms with E-state index in [1.54, 1.807) is 0 Å². The van der Waals surface area contributed by atoms with Gasteiger partial charge in [0.15, 0.2) is 5.96 Å². The Bertz CT molecular complexity index is 374. The molecule has 1 aliphatic heterocycles. The lowest BCUT2D eigenvalue weighted by molar-refractivity contribution is 0.139. The Balaban J connectivity index is 0.00000312. The van der Waals surface area contributed by atoms with Gasteiger partial charge in [-0.3, -0.25) is 9.89 Å². The SMILES string of the molecule is CCN1CCN(CCNC(=NC)N(C)CC2CCC(C)CC2)CC1.I. The third-order valence-electron chi connectivity index (χ3n) is 5.86. The van der Waals surface area contributed by atoms with Crippen molar-refractivity contribution < 1.29 is 0 Å². The van der Waals surface area contributed by atoms with Crippen molar-refractivity contribution in [2.45, 2.75) is 39.5 Å². The van der Waals surface area contributed by atoms with E-state index in [0.717, 1.165) is 37.4 Å². The van der Waals surface area contributed by atoms with Crippen LogP contribution in [0.5, 0.6) is 0 Å². The van der Waals surface area contributed by atoms with Gasteiger partial charge >= 0.3 is 0 Å². The largest absolute Gasteiger partial charge is 0.355 e. The van der Waals surface area contributed by atoms with E-state index in [2.05, 4.69) is 45.9 Å². The van der Waals surface area contributed by atoms with E-state index in [4.69, 9.17) is 0 Å². The first-order chi connectivity index (χ1) is 11.6. The normalized spacial score (nSPS) is 26.2. The van der Waals surface area contributed by atoms with Gasteiger partial charge in [0.05, 0.1) is 0 Å². The molecule has 5 nitrogen and oxygen atoms in total. The van der Waals surface area contributed by atoms with Crippen molar-refractivity contribution in [3.8, 4) is 0 Å². The minimum Gasteiger partial charge on any atom is -0.355 e. The van der Waals surface area contributed by atoms with E-state index in [-0.39, 0.29) is 24.0 Å². The zero-order chi connectivity index (χ0) is 17.4. The zero-order valence-electron chi connectivity index (χ0n) is 16.8. The summed E-state index contributed by atoms with van der Waals surface area (Å²) in [5, 5.41) is 3.56. The Morgan fingerprint density at radius 3 is 2.24 bits per heavy atom. The molecular formula is C19H40IN5. The molecule has 2 aliphatic rings. The van der Waals surface area contributed by atoms with Gasteiger partial charge in [0.2, 0.25) is 0 Å². The van der Waals surface area contributed by atoms with Crippen LogP contribution in [0.3, 0.4) is 0 Å². The number of nitrogens with zero attached hydrogens (tertiary/aromatic N) is 4. The summed E-state index contributed by atoms with van der Waals surface area (Å²) < 4.78 is 0. The molecule has 2 rings (SSSR count). The molecule has 2 fully saturated rings. The highest BCUT2D eigenvalue weighted by Crippen LogP contribution is 2.28. The fraction of sp³-hybridized carbons (Fsp3) is 0.947. The third kappa shape index (κ3) is 7.99. The monoisotopic (exact) mass is 465 g/mol. The van der Waals surface area contributed by atoms with E-state index >= 15 is 0 Å². The Kier molecular flexibility index (Phi) is 11.3. The molecule has 1 heterocycles. The summed E-state index contributed by atoms with van der Waals surface area (Å²) >= 11 is 0. The summed E-state index contributed by atoms with van der Waals surface area (Å²) in [4.78, 5) is 11.9. The first-order valence-corrected chi connectivity index (χ1v) is 9.98. The van der Waals surface area contributed by atoms with Crippen molar-refractivity contribution >= 4 is 29.9 Å². The maximum atomic E-state index is 4.48. The van der Waals surface area contributed by atoms with E-state index in [1.165, 1.54) is 58.4 Å². The van der Waals surface area contributed by atoms with Gasteiger partial charge < -0.3 is 15.1 Å². The number of rotatable bonds is 6. The Morgan fingerprint density at radius 1 is 1.08 bits per heavy atom. The van der Waals surface area contributed by atoms with Crippen molar-refractivity contribution in [1.29, 1.82) is 0 Å². The molecule has 0 radical (unpaired) electrons. The summed E-state index contributed by atoms with van der Waals surface area (Å²) in [5.41, 5.74) is 0. The first-order valence-electron chi connectivity index (χ1n) is 9.98. The molecule has 0 spiro atoms. The molecular weight excluding hydrogens is 425 g/mol. The Hall–Kier alpha value is -0.0800. The predicted molar refractivity (Wildman–Crippen MR) is 119 cm³/mol. The molecule has 0 aromatic heterocycles. The molecule has 0 bridgehead atoms. The fourth-order valence-electron chi connectivity index (χ4n) is 4.03. The van der Waals surface area contributed by atoms with Gasteiger partial charge in [-0.2, -0.15) is 0 Å². The topological polar surface area (TPSA) is 34.1 Å². The van der Waals surface area contributed by atoms with Gasteiger partial charge in [0.1, 0.15) is 0 Å². The minimum absolute atomic E-state index is 0. The smallest absolute Gasteiger partial charge is 0.193 e. The van der Waals surface area contributed by atoms with Crippen LogP contribution >= 0.6 is 24.0 Å². The molecule has 1 saturated carbocycles. The molecule has 1 saturated heterocycles. The molecule has 0 aromatic rings. The third-order valence-corrected chi connectivity index (χ3v) is 5.86. The predicted octanol–water partition coefficient (Wildman–Crippen LogP) is 2.58. The van der Waals surface area contributed by atoms with Crippen LogP contribution in [0.4, 0.5) is 0 Å². The highest BCUT2D eigenvalue weighted by molar-refractivity contribution is 14.0. The molecule has 0 unspecified atom stereocenters. The molecule has 1 aliphatic carbocycles. The lowest BCUT2D eigenvalue weighted by Gasteiger charge is -2.34. The molecule has 0 aromatic carbocycles. The highest BCUT2D eigenvalue weighted by Gasteiger charge is 2.21. The quantitative estimate of drug-likeness (QED) is 0.372. The van der Waals surface area contributed by atoms with Crippen molar-refractivity contribution in [2.24, 2.45) is 16.8 Å². The van der Waals surface area contributed by atoms with Gasteiger partial charge in [0.25, 0.3) is 0 Å². The number of guanidine groups is 1. The summed E-state index contributed by atoms with van der Waals surface area (Å²) in [6, 6.07) is 0. The molecule has 0 amide bonds. The van der Waals surface area contributed by atoms with Crippen LogP contribution in [-0.2, 0) is 0 Å². The number of hydrogen-bond donors (Lipinski definition) is 1. The van der Waals surface area contributed by atoms with Crippen molar-refractivity contribution in [3.63, 3.8) is 0 Å². The zero-order valence-corrected chi connectivity index (χ0v) is 19.2. The number of aliphatic imine (C=N–C) groups is 1. The lowest BCUT2D eigenvalue weighted by Crippen LogP contribution is -2.49. The average molecular weight is 465 g/mol. The van der Waals surface area contributed by atoms with Crippen LogP contribution < -0.4 is 5.32 Å². The highest BCUT2D eigenvalue weighted by atomic mass is 127. The van der Waals surface area contributed by atoms with Crippen molar-refractivity contribution in [2.75, 3.05) is 66.5 Å². The van der Waals surface area contributed by atoms with E-state index in [9.17, 15) is 0 Å². The standard InChI is InChI=1S/C19H39N5.HI/c1-5-23-12-14-24(15-13-23)11-10-21-19(20-3)22(4)16-18-8-6-17(2)7-9-18;/h17-18H,5-16H2,1-4H3,(H,20,21);1H. The Morgan fingerprint density at radius 2 is 1.68 bits per heavy atom. The van der Waals surface area contributed by atoms with Crippen LogP contribution in [0.15, 0.2) is 4.99 Å². The second kappa shape index (κ2) is 12.3. The molecule has 1 N–H and O–H groups in total. The van der Waals surface area contributed by atoms with Crippen LogP contribution in [0.25, 0.3) is 0 Å². The number of hydrogen-bond acceptors (Lipinski definition) is 3. The fourth-order valence-corrected chi connectivity index (χ4v) is 4.03. The van der Waals surface area contributed by atoms with Crippen LogP contribution in [0, 0.1) is 11.8 Å². The van der Waals surface area contributed by atoms with E-state index < -0.39 is 0 Å². The number of nitrogens with one attached hydrogen (secondary N) is 1. The summed E-state index contributed by atoms with van der Waals surface area (Å²) in [6.07, 6.45) is 5.55. The van der Waals surface area contributed by atoms with Gasteiger partial charge in [-0.1, -0.05) is 26.7 Å². The van der Waals surface area contributed by atoms with Crippen molar-refractivity contribution in [1.82, 2.24) is 20.0 Å². The van der Waals surface area contributed by atoms with Gasteiger partial charge in [-0.25, -0.2) is 0 Å². The molecule has 25 heavy (non-hydrogen) atoms. The molecule has 0 atom stereocenters. The van der Waals surface area contributed by atoms with Crippen molar-refractivity contribution in [3.05, 3.63) is 0 Å². The molecule has 148 valence electrons. The summed E-state index contributed by atoms with van der Waals surface area (Å²) in [7, 11) is 4.09. The summed E-state index contributed by atoms with van der Waals surface area (Å²) in [6.45, 7) is 13.9.